The molecule has 0 spiro atoms. The summed E-state index contributed by atoms with van der Waals surface area (Å²) in [6.07, 6.45) is 0. The lowest BCUT2D eigenvalue weighted by molar-refractivity contribution is -0.513. The van der Waals surface area contributed by atoms with Crippen LogP contribution in [0.1, 0.15) is 25.3 Å². The highest BCUT2D eigenvalue weighted by Crippen LogP contribution is 2.30. The lowest BCUT2D eigenvalue weighted by Gasteiger charge is -2.21. The second kappa shape index (κ2) is 8.67. The molecular formula is C16H19NO6. The smallest absolute Gasteiger partial charge is 0.382 e. The molecule has 7 heteroatoms. The van der Waals surface area contributed by atoms with Gasteiger partial charge in [0.05, 0.1) is 19.1 Å². The van der Waals surface area contributed by atoms with Crippen molar-refractivity contribution in [2.24, 2.45) is 0 Å². The van der Waals surface area contributed by atoms with E-state index in [0.29, 0.717) is 5.56 Å². The summed E-state index contributed by atoms with van der Waals surface area (Å²) >= 11 is 0. The summed E-state index contributed by atoms with van der Waals surface area (Å²) in [6.45, 7) is 6.86. The van der Waals surface area contributed by atoms with Gasteiger partial charge in [-0.15, -0.1) is 0 Å². The standard InChI is InChI=1S/C16H19NO6/c1-4-22-15(18)11(3)13(12-9-7-6-8-10-12)14(17(20)21)16(19)23-5-2/h6-10,13-14H,3-5H2,1-2H3. The number of hydrogen-bond donors (Lipinski definition) is 0. The van der Waals surface area contributed by atoms with Gasteiger partial charge < -0.3 is 9.47 Å². The molecule has 0 saturated heterocycles. The number of esters is 2. The van der Waals surface area contributed by atoms with Crippen LogP contribution in [0.3, 0.4) is 0 Å². The largest absolute Gasteiger partial charge is 0.463 e. The Kier molecular flexibility index (Phi) is 6.92. The fourth-order valence-corrected chi connectivity index (χ4v) is 2.16. The Bertz CT molecular complexity index is 583. The van der Waals surface area contributed by atoms with E-state index in [-0.39, 0.29) is 18.8 Å². The number of ether oxygens (including phenoxy) is 2. The first-order chi connectivity index (χ1) is 10.9. The molecule has 0 fully saturated rings. The van der Waals surface area contributed by atoms with Gasteiger partial charge in [-0.1, -0.05) is 36.9 Å². The molecule has 0 radical (unpaired) electrons. The van der Waals surface area contributed by atoms with Crippen LogP contribution in [0.25, 0.3) is 0 Å². The molecule has 0 aliphatic rings. The number of nitro groups is 1. The van der Waals surface area contributed by atoms with Crippen molar-refractivity contribution in [3.8, 4) is 0 Å². The van der Waals surface area contributed by atoms with Gasteiger partial charge in [0.2, 0.25) is 0 Å². The average molecular weight is 321 g/mol. The van der Waals surface area contributed by atoms with Crippen molar-refractivity contribution < 1.29 is 24.0 Å². The lowest BCUT2D eigenvalue weighted by atomic mass is 9.85. The molecule has 0 aliphatic carbocycles. The van der Waals surface area contributed by atoms with E-state index in [2.05, 4.69) is 6.58 Å². The van der Waals surface area contributed by atoms with Crippen LogP contribution >= 0.6 is 0 Å². The van der Waals surface area contributed by atoms with Gasteiger partial charge in [0, 0.05) is 10.5 Å². The van der Waals surface area contributed by atoms with Crippen LogP contribution in [0.4, 0.5) is 0 Å². The van der Waals surface area contributed by atoms with Crippen molar-refractivity contribution in [1.82, 2.24) is 0 Å². The third-order valence-corrected chi connectivity index (χ3v) is 3.14. The number of nitrogens with zero attached hydrogens (tertiary/aromatic N) is 1. The summed E-state index contributed by atoms with van der Waals surface area (Å²) in [5, 5.41) is 11.4. The maximum atomic E-state index is 12.0. The first-order valence-corrected chi connectivity index (χ1v) is 7.15. The van der Waals surface area contributed by atoms with Gasteiger partial charge in [-0.3, -0.25) is 10.1 Å². The molecule has 0 bridgehead atoms. The van der Waals surface area contributed by atoms with Crippen LogP contribution in [-0.2, 0) is 19.1 Å². The highest BCUT2D eigenvalue weighted by atomic mass is 16.6. The molecule has 2 atom stereocenters. The van der Waals surface area contributed by atoms with Gasteiger partial charge >= 0.3 is 18.0 Å². The molecule has 23 heavy (non-hydrogen) atoms. The van der Waals surface area contributed by atoms with Gasteiger partial charge in [0.25, 0.3) is 0 Å². The molecule has 1 aromatic carbocycles. The van der Waals surface area contributed by atoms with Crippen LogP contribution in [0.15, 0.2) is 42.5 Å². The number of hydrogen-bond acceptors (Lipinski definition) is 6. The maximum absolute atomic E-state index is 12.0. The van der Waals surface area contributed by atoms with E-state index < -0.39 is 28.8 Å². The number of benzene rings is 1. The molecule has 0 aromatic heterocycles. The van der Waals surface area contributed by atoms with Crippen molar-refractivity contribution >= 4 is 11.9 Å². The molecular weight excluding hydrogens is 302 g/mol. The predicted octanol–water partition coefficient (Wildman–Crippen LogP) is 2.10. The van der Waals surface area contributed by atoms with E-state index in [9.17, 15) is 19.7 Å². The zero-order valence-electron chi connectivity index (χ0n) is 13.1. The summed E-state index contributed by atoms with van der Waals surface area (Å²) in [5.74, 6) is -2.96. The van der Waals surface area contributed by atoms with Gasteiger partial charge in [0.15, 0.2) is 0 Å². The van der Waals surface area contributed by atoms with Gasteiger partial charge in [-0.05, 0) is 19.4 Å². The average Bonchev–Trinajstić information content (AvgIpc) is 2.52. The molecule has 0 N–H and O–H groups in total. The van der Waals surface area contributed by atoms with Crippen LogP contribution in [-0.4, -0.2) is 36.1 Å². The Morgan fingerprint density at radius 2 is 1.74 bits per heavy atom. The van der Waals surface area contributed by atoms with Crippen molar-refractivity contribution in [3.05, 3.63) is 58.2 Å². The Morgan fingerprint density at radius 1 is 1.17 bits per heavy atom. The molecule has 0 heterocycles. The van der Waals surface area contributed by atoms with E-state index in [1.54, 1.807) is 44.2 Å². The van der Waals surface area contributed by atoms with Crippen molar-refractivity contribution in [2.45, 2.75) is 25.8 Å². The fourth-order valence-electron chi connectivity index (χ4n) is 2.16. The van der Waals surface area contributed by atoms with E-state index in [1.807, 2.05) is 0 Å². The second-order valence-corrected chi connectivity index (χ2v) is 4.62. The first kappa shape index (κ1) is 18.3. The molecule has 1 rings (SSSR count). The maximum Gasteiger partial charge on any atom is 0.382 e. The fraction of sp³-hybridized carbons (Fsp3) is 0.375. The minimum Gasteiger partial charge on any atom is -0.463 e. The predicted molar refractivity (Wildman–Crippen MR) is 82.4 cm³/mol. The Morgan fingerprint density at radius 3 is 2.22 bits per heavy atom. The van der Waals surface area contributed by atoms with Crippen molar-refractivity contribution in [3.63, 3.8) is 0 Å². The summed E-state index contributed by atoms with van der Waals surface area (Å²) in [6, 6.07) is 6.44. The Labute approximate surface area is 134 Å². The first-order valence-electron chi connectivity index (χ1n) is 7.15. The van der Waals surface area contributed by atoms with E-state index in [4.69, 9.17) is 9.47 Å². The van der Waals surface area contributed by atoms with Crippen LogP contribution < -0.4 is 0 Å². The molecule has 7 nitrogen and oxygen atoms in total. The molecule has 2 unspecified atom stereocenters. The highest BCUT2D eigenvalue weighted by Gasteiger charge is 2.44. The summed E-state index contributed by atoms with van der Waals surface area (Å²) in [4.78, 5) is 34.7. The minimum absolute atomic E-state index is 0.00341. The van der Waals surface area contributed by atoms with Gasteiger partial charge in [-0.25, -0.2) is 9.59 Å². The molecule has 0 aliphatic heterocycles. The summed E-state index contributed by atoms with van der Waals surface area (Å²) in [7, 11) is 0. The van der Waals surface area contributed by atoms with Crippen LogP contribution in [0.5, 0.6) is 0 Å². The van der Waals surface area contributed by atoms with Crippen molar-refractivity contribution in [2.75, 3.05) is 13.2 Å². The monoisotopic (exact) mass is 321 g/mol. The van der Waals surface area contributed by atoms with Gasteiger partial charge in [0.1, 0.15) is 0 Å². The molecule has 1 aromatic rings. The SMILES string of the molecule is C=C(C(=O)OCC)C(c1ccccc1)C(C(=O)OCC)[N+](=O)[O-]. The van der Waals surface area contributed by atoms with E-state index >= 15 is 0 Å². The number of carbonyl (C=O) groups is 2. The Hall–Kier alpha value is -2.70. The topological polar surface area (TPSA) is 95.7 Å². The quantitative estimate of drug-likeness (QED) is 0.315. The number of carbonyl (C=O) groups excluding carboxylic acids is 2. The Balaban J connectivity index is 3.31. The van der Waals surface area contributed by atoms with E-state index in [1.165, 1.54) is 0 Å². The van der Waals surface area contributed by atoms with Crippen LogP contribution in [0, 0.1) is 10.1 Å². The molecule has 0 amide bonds. The third kappa shape index (κ3) is 4.64. The van der Waals surface area contributed by atoms with Crippen LogP contribution in [0.2, 0.25) is 0 Å². The summed E-state index contributed by atoms with van der Waals surface area (Å²) in [5.41, 5.74) is 0.258. The molecule has 124 valence electrons. The zero-order valence-corrected chi connectivity index (χ0v) is 13.1. The molecule has 0 saturated carbocycles. The number of rotatable bonds is 8. The lowest BCUT2D eigenvalue weighted by Crippen LogP contribution is -2.39. The summed E-state index contributed by atoms with van der Waals surface area (Å²) < 4.78 is 9.65. The normalized spacial score (nSPS) is 12.8. The minimum atomic E-state index is -1.77. The third-order valence-electron chi connectivity index (χ3n) is 3.14. The van der Waals surface area contributed by atoms with E-state index in [0.717, 1.165) is 0 Å². The zero-order chi connectivity index (χ0) is 17.4. The highest BCUT2D eigenvalue weighted by molar-refractivity contribution is 5.91. The van der Waals surface area contributed by atoms with Crippen molar-refractivity contribution in [1.29, 1.82) is 0 Å². The second-order valence-electron chi connectivity index (χ2n) is 4.62. The van der Waals surface area contributed by atoms with Gasteiger partial charge in [-0.2, -0.15) is 0 Å².